The Bertz CT molecular complexity index is 1240. The molecule has 1 unspecified atom stereocenters. The zero-order valence-electron chi connectivity index (χ0n) is 21.6. The standard InChI is InChI=1S/C29H32ClNO6/c1-5-36-11-12-37-29(33)26-17(2)31-22-14-20(18-9-10-24(34-3)25(16-18)35-4)15-23(32)28(22)27(26)19-7-6-8-21(30)13-19/h6-10,13,16,20,26-27H,5,11-12,14-15H2,1-4H3/t20-,26?,27+/m0/s1. The average Bonchev–Trinajstić information content (AvgIpc) is 2.89. The highest BCUT2D eigenvalue weighted by atomic mass is 35.5. The minimum absolute atomic E-state index is 0.0330. The van der Waals surface area contributed by atoms with E-state index in [-0.39, 0.29) is 18.3 Å². The zero-order chi connectivity index (χ0) is 26.5. The quantitative estimate of drug-likeness (QED) is 0.317. The Morgan fingerprint density at radius 1 is 1.03 bits per heavy atom. The molecule has 0 N–H and O–H groups in total. The first-order valence-corrected chi connectivity index (χ1v) is 12.8. The molecule has 1 heterocycles. The van der Waals surface area contributed by atoms with Gasteiger partial charge in [-0.05, 0) is 61.6 Å². The Labute approximate surface area is 222 Å². The molecule has 0 fully saturated rings. The number of benzene rings is 2. The van der Waals surface area contributed by atoms with Crippen molar-refractivity contribution in [3.8, 4) is 11.5 Å². The first-order chi connectivity index (χ1) is 17.9. The van der Waals surface area contributed by atoms with Gasteiger partial charge in [0.1, 0.15) is 12.5 Å². The molecule has 0 saturated carbocycles. The summed E-state index contributed by atoms with van der Waals surface area (Å²) in [6.45, 7) is 4.69. The molecular formula is C29H32ClNO6. The van der Waals surface area contributed by atoms with Gasteiger partial charge in [0.25, 0.3) is 0 Å². The van der Waals surface area contributed by atoms with E-state index in [2.05, 4.69) is 0 Å². The summed E-state index contributed by atoms with van der Waals surface area (Å²) in [6, 6.07) is 13.0. The minimum Gasteiger partial charge on any atom is -0.493 e. The number of esters is 1. The van der Waals surface area contributed by atoms with E-state index in [1.165, 1.54) is 0 Å². The molecule has 37 heavy (non-hydrogen) atoms. The van der Waals surface area contributed by atoms with E-state index >= 15 is 0 Å². The normalized spacial score (nSPS) is 21.3. The molecule has 0 spiro atoms. The van der Waals surface area contributed by atoms with Crippen LogP contribution in [0.15, 0.2) is 58.7 Å². The number of rotatable bonds is 9. The Morgan fingerprint density at radius 3 is 2.51 bits per heavy atom. The second-order valence-corrected chi connectivity index (χ2v) is 9.57. The van der Waals surface area contributed by atoms with E-state index in [9.17, 15) is 9.59 Å². The molecule has 0 saturated heterocycles. The van der Waals surface area contributed by atoms with Crippen LogP contribution in [-0.4, -0.2) is 51.5 Å². The fourth-order valence-corrected chi connectivity index (χ4v) is 5.40. The highest BCUT2D eigenvalue weighted by Crippen LogP contribution is 2.47. The van der Waals surface area contributed by atoms with Gasteiger partial charge < -0.3 is 18.9 Å². The molecule has 1 aliphatic heterocycles. The second kappa shape index (κ2) is 11.9. The molecule has 7 nitrogen and oxygen atoms in total. The van der Waals surface area contributed by atoms with Gasteiger partial charge >= 0.3 is 5.97 Å². The van der Waals surface area contributed by atoms with Gasteiger partial charge in [-0.25, -0.2) is 0 Å². The number of hydrogen-bond donors (Lipinski definition) is 0. The van der Waals surface area contributed by atoms with Gasteiger partial charge in [-0.3, -0.25) is 14.6 Å². The summed E-state index contributed by atoms with van der Waals surface area (Å²) in [4.78, 5) is 31.8. The van der Waals surface area contributed by atoms with Gasteiger partial charge in [0, 0.05) is 41.0 Å². The fourth-order valence-electron chi connectivity index (χ4n) is 5.20. The molecule has 2 aromatic rings. The summed E-state index contributed by atoms with van der Waals surface area (Å²) in [7, 11) is 3.18. The summed E-state index contributed by atoms with van der Waals surface area (Å²) in [5, 5.41) is 0.537. The van der Waals surface area contributed by atoms with Crippen LogP contribution in [0.1, 0.15) is 49.7 Å². The number of allylic oxidation sites excluding steroid dienone is 2. The van der Waals surface area contributed by atoms with Crippen molar-refractivity contribution < 1.29 is 28.5 Å². The third-order valence-corrected chi connectivity index (χ3v) is 7.14. The molecule has 0 aromatic heterocycles. The summed E-state index contributed by atoms with van der Waals surface area (Å²) in [6.07, 6.45) is 0.864. The van der Waals surface area contributed by atoms with E-state index in [0.29, 0.717) is 59.6 Å². The lowest BCUT2D eigenvalue weighted by atomic mass is 9.69. The number of carbonyl (C=O) groups is 2. The Kier molecular flexibility index (Phi) is 8.67. The van der Waals surface area contributed by atoms with Crippen LogP contribution < -0.4 is 9.47 Å². The van der Waals surface area contributed by atoms with Crippen LogP contribution in [0.3, 0.4) is 0 Å². The van der Waals surface area contributed by atoms with Crippen LogP contribution in [0.2, 0.25) is 5.02 Å². The number of hydrogen-bond acceptors (Lipinski definition) is 7. The number of halogens is 1. The number of aliphatic imine (C=N–C) groups is 1. The topological polar surface area (TPSA) is 83.4 Å². The number of ether oxygens (including phenoxy) is 4. The second-order valence-electron chi connectivity index (χ2n) is 9.13. The van der Waals surface area contributed by atoms with Crippen molar-refractivity contribution in [3.05, 3.63) is 69.9 Å². The lowest BCUT2D eigenvalue weighted by Crippen LogP contribution is -2.38. The Morgan fingerprint density at radius 2 is 1.81 bits per heavy atom. The number of nitrogens with zero attached hydrogens (tertiary/aromatic N) is 1. The van der Waals surface area contributed by atoms with E-state index in [0.717, 1.165) is 11.1 Å². The van der Waals surface area contributed by atoms with E-state index in [4.69, 9.17) is 35.5 Å². The molecule has 4 rings (SSSR count). The SMILES string of the molecule is CCOCCOC(=O)C1C(C)=NC2=C(C(=O)C[C@@H](c3ccc(OC)c(OC)c3)C2)[C@@H]1c1cccc(Cl)c1. The van der Waals surface area contributed by atoms with Gasteiger partial charge in [0.15, 0.2) is 17.3 Å². The smallest absolute Gasteiger partial charge is 0.315 e. The molecule has 1 aliphatic carbocycles. The van der Waals surface area contributed by atoms with Gasteiger partial charge in [-0.15, -0.1) is 0 Å². The van der Waals surface area contributed by atoms with Crippen LogP contribution in [0, 0.1) is 5.92 Å². The van der Waals surface area contributed by atoms with Crippen molar-refractivity contribution >= 4 is 29.1 Å². The lowest BCUT2D eigenvalue weighted by molar-refractivity contribution is -0.148. The molecular weight excluding hydrogens is 494 g/mol. The summed E-state index contributed by atoms with van der Waals surface area (Å²) in [5.74, 6) is -0.530. The summed E-state index contributed by atoms with van der Waals surface area (Å²) in [5.41, 5.74) is 3.65. The van der Waals surface area contributed by atoms with E-state index < -0.39 is 17.8 Å². The number of ketones is 1. The molecule has 196 valence electrons. The predicted molar refractivity (Wildman–Crippen MR) is 142 cm³/mol. The highest BCUT2D eigenvalue weighted by Gasteiger charge is 2.44. The zero-order valence-corrected chi connectivity index (χ0v) is 22.3. The monoisotopic (exact) mass is 525 g/mol. The van der Waals surface area contributed by atoms with Crippen LogP contribution in [0.4, 0.5) is 0 Å². The third-order valence-electron chi connectivity index (χ3n) is 6.91. The van der Waals surface area contributed by atoms with Crippen LogP contribution in [0.25, 0.3) is 0 Å². The van der Waals surface area contributed by atoms with Gasteiger partial charge in [0.05, 0.1) is 20.8 Å². The highest BCUT2D eigenvalue weighted by molar-refractivity contribution is 6.30. The van der Waals surface area contributed by atoms with Crippen LogP contribution in [0.5, 0.6) is 11.5 Å². The number of methoxy groups -OCH3 is 2. The predicted octanol–water partition coefficient (Wildman–Crippen LogP) is 5.51. The van der Waals surface area contributed by atoms with Crippen LogP contribution >= 0.6 is 11.6 Å². The first-order valence-electron chi connectivity index (χ1n) is 12.4. The van der Waals surface area contributed by atoms with Crippen LogP contribution in [-0.2, 0) is 19.1 Å². The molecule has 0 amide bonds. The largest absolute Gasteiger partial charge is 0.493 e. The van der Waals surface area contributed by atoms with E-state index in [1.54, 1.807) is 20.3 Å². The first kappa shape index (κ1) is 26.9. The molecule has 3 atom stereocenters. The maximum atomic E-state index is 13.7. The van der Waals surface area contributed by atoms with Crippen molar-refractivity contribution in [2.75, 3.05) is 34.0 Å². The van der Waals surface area contributed by atoms with Crippen molar-refractivity contribution in [1.29, 1.82) is 0 Å². The Balaban J connectivity index is 1.71. The molecule has 8 heteroatoms. The van der Waals surface area contributed by atoms with Gasteiger partial charge in [0.2, 0.25) is 0 Å². The Hall–Kier alpha value is -3.16. The number of carbonyl (C=O) groups excluding carboxylic acids is 2. The summed E-state index contributed by atoms with van der Waals surface area (Å²) < 4.78 is 21.7. The molecule has 0 bridgehead atoms. The maximum Gasteiger partial charge on any atom is 0.315 e. The summed E-state index contributed by atoms with van der Waals surface area (Å²) >= 11 is 6.33. The average molecular weight is 526 g/mol. The number of Topliss-reactive ketones (excluding diaryl/α,β-unsaturated/α-hetero) is 1. The van der Waals surface area contributed by atoms with Gasteiger partial charge in [-0.2, -0.15) is 0 Å². The lowest BCUT2D eigenvalue weighted by Gasteiger charge is -2.36. The minimum atomic E-state index is -0.722. The molecule has 2 aromatic carbocycles. The van der Waals surface area contributed by atoms with Crippen molar-refractivity contribution in [3.63, 3.8) is 0 Å². The maximum absolute atomic E-state index is 13.7. The van der Waals surface area contributed by atoms with E-state index in [1.807, 2.05) is 50.2 Å². The van der Waals surface area contributed by atoms with Gasteiger partial charge in [-0.1, -0.05) is 29.8 Å². The third kappa shape index (κ3) is 5.73. The molecule has 2 aliphatic rings. The molecule has 0 radical (unpaired) electrons. The van der Waals surface area contributed by atoms with Crippen molar-refractivity contribution in [1.82, 2.24) is 0 Å². The fraction of sp³-hybridized carbons (Fsp3) is 0.414. The van der Waals surface area contributed by atoms with Crippen molar-refractivity contribution in [2.24, 2.45) is 10.9 Å². The van der Waals surface area contributed by atoms with Crippen molar-refractivity contribution in [2.45, 2.75) is 38.5 Å².